The van der Waals surface area contributed by atoms with Crippen LogP contribution < -0.4 is 5.32 Å². The number of hydrogen-bond acceptors (Lipinski definition) is 5. The van der Waals surface area contributed by atoms with Gasteiger partial charge in [0, 0.05) is 31.5 Å². The second-order valence-electron chi connectivity index (χ2n) is 10.0. The summed E-state index contributed by atoms with van der Waals surface area (Å²) in [5.41, 5.74) is 9.39. The number of aryl methyl sites for hydroxylation is 2. The van der Waals surface area contributed by atoms with Gasteiger partial charge in [-0.15, -0.1) is 0 Å². The molecule has 196 valence electrons. The smallest absolute Gasteiger partial charge is 0.121 e. The van der Waals surface area contributed by atoms with E-state index in [1.54, 1.807) is 0 Å². The Labute approximate surface area is 224 Å². The molecule has 3 heterocycles. The summed E-state index contributed by atoms with van der Waals surface area (Å²) in [7, 11) is 0. The summed E-state index contributed by atoms with van der Waals surface area (Å²) in [4.78, 5) is 15.8. The fraction of sp³-hybridized carbons (Fsp3) is 0.323. The van der Waals surface area contributed by atoms with Crippen molar-refractivity contribution >= 4 is 11.0 Å². The van der Waals surface area contributed by atoms with Gasteiger partial charge in [-0.2, -0.15) is 5.10 Å². The van der Waals surface area contributed by atoms with Crippen LogP contribution in [-0.2, 0) is 32.6 Å². The number of rotatable bonds is 9. The molecule has 6 rings (SSSR count). The number of nitrogens with one attached hydrogen (secondary N) is 3. The van der Waals surface area contributed by atoms with Crippen LogP contribution in [0.1, 0.15) is 65.9 Å². The lowest BCUT2D eigenvalue weighted by molar-refractivity contribution is 0.153. The Morgan fingerprint density at radius 1 is 0.974 bits per heavy atom. The lowest BCUT2D eigenvalue weighted by Crippen LogP contribution is -2.31. The largest absolute Gasteiger partial charge is 0.341 e. The lowest BCUT2D eigenvalue weighted by atomic mass is 9.90. The van der Waals surface area contributed by atoms with Gasteiger partial charge < -0.3 is 10.3 Å². The number of aromatic nitrogens is 5. The molecule has 1 atom stereocenters. The molecular formula is C31H37N7. The molecule has 2 aromatic carbocycles. The van der Waals surface area contributed by atoms with Gasteiger partial charge >= 0.3 is 0 Å². The van der Waals surface area contributed by atoms with Crippen LogP contribution >= 0.6 is 0 Å². The standard InChI is InChI=1S/C30H33N7.CH4/c1-21-16-25(36-35-21)18-31-17-22-11-13-23(14-12-22)19-37(20-29-33-26-8-2-3-9-27(26)34-29)28-10-4-6-24-7-5-15-32-30(24)28;/h2-3,5,7-9,11-16,28,31H,4,6,10,17-20H2,1H3,(H,33,34)(H,35,36);1H4. The number of para-hydroxylation sites is 2. The zero-order chi connectivity index (χ0) is 25.0. The third-order valence-corrected chi connectivity index (χ3v) is 7.20. The molecule has 0 fully saturated rings. The first kappa shape index (κ1) is 25.8. The molecule has 1 aliphatic rings. The molecule has 0 aliphatic heterocycles. The minimum Gasteiger partial charge on any atom is -0.341 e. The van der Waals surface area contributed by atoms with Crippen LogP contribution in [0, 0.1) is 6.92 Å². The maximum absolute atomic E-state index is 4.89. The molecule has 7 nitrogen and oxygen atoms in total. The van der Waals surface area contributed by atoms with E-state index in [-0.39, 0.29) is 13.5 Å². The zero-order valence-corrected chi connectivity index (χ0v) is 21.2. The molecule has 7 heteroatoms. The highest BCUT2D eigenvalue weighted by atomic mass is 15.2. The molecule has 3 aromatic heterocycles. The number of pyridine rings is 1. The van der Waals surface area contributed by atoms with E-state index in [1.165, 1.54) is 28.8 Å². The molecule has 5 aromatic rings. The van der Waals surface area contributed by atoms with Crippen LogP contribution in [0.2, 0.25) is 0 Å². The van der Waals surface area contributed by atoms with E-state index in [1.807, 2.05) is 19.2 Å². The van der Waals surface area contributed by atoms with Crippen LogP contribution in [0.25, 0.3) is 11.0 Å². The molecule has 0 amide bonds. The van der Waals surface area contributed by atoms with E-state index in [2.05, 4.69) is 86.1 Å². The maximum atomic E-state index is 4.89. The van der Waals surface area contributed by atoms with E-state index < -0.39 is 0 Å². The van der Waals surface area contributed by atoms with Crippen molar-refractivity contribution in [3.63, 3.8) is 0 Å². The summed E-state index contributed by atoms with van der Waals surface area (Å²) >= 11 is 0. The average molecular weight is 508 g/mol. The summed E-state index contributed by atoms with van der Waals surface area (Å²) in [6.07, 6.45) is 5.33. The van der Waals surface area contributed by atoms with Gasteiger partial charge in [0.25, 0.3) is 0 Å². The second-order valence-corrected chi connectivity index (χ2v) is 10.0. The number of benzene rings is 2. The van der Waals surface area contributed by atoms with E-state index in [9.17, 15) is 0 Å². The van der Waals surface area contributed by atoms with Gasteiger partial charge in [0.15, 0.2) is 0 Å². The summed E-state index contributed by atoms with van der Waals surface area (Å²) < 4.78 is 0. The average Bonchev–Trinajstić information content (AvgIpc) is 3.54. The quantitative estimate of drug-likeness (QED) is 0.228. The Balaban J connectivity index is 0.00000294. The Morgan fingerprint density at radius 2 is 1.82 bits per heavy atom. The normalized spacial score (nSPS) is 14.9. The topological polar surface area (TPSA) is 85.5 Å². The number of fused-ring (bicyclic) bond motifs is 2. The van der Waals surface area contributed by atoms with Gasteiger partial charge in [-0.3, -0.25) is 15.0 Å². The fourth-order valence-electron chi connectivity index (χ4n) is 5.39. The summed E-state index contributed by atoms with van der Waals surface area (Å²) in [6, 6.07) is 23.9. The van der Waals surface area contributed by atoms with Crippen molar-refractivity contribution in [1.29, 1.82) is 0 Å². The number of imidazole rings is 1. The lowest BCUT2D eigenvalue weighted by Gasteiger charge is -2.34. The first-order valence-corrected chi connectivity index (χ1v) is 13.1. The van der Waals surface area contributed by atoms with Crippen molar-refractivity contribution in [3.05, 3.63) is 113 Å². The Morgan fingerprint density at radius 3 is 2.63 bits per heavy atom. The SMILES string of the molecule is C.Cc1cc(CNCc2ccc(CN(Cc3nc4ccccc4[nH]3)C3CCCc4cccnc43)cc2)n[nH]1. The van der Waals surface area contributed by atoms with Crippen molar-refractivity contribution in [3.8, 4) is 0 Å². The fourth-order valence-corrected chi connectivity index (χ4v) is 5.39. The van der Waals surface area contributed by atoms with Crippen molar-refractivity contribution in [2.24, 2.45) is 0 Å². The van der Waals surface area contributed by atoms with Crippen molar-refractivity contribution in [2.75, 3.05) is 0 Å². The summed E-state index contributed by atoms with van der Waals surface area (Å²) in [5.74, 6) is 0.999. The van der Waals surface area contributed by atoms with Gasteiger partial charge in [-0.05, 0) is 67.1 Å². The Bertz CT molecular complexity index is 1430. The molecule has 0 radical (unpaired) electrons. The molecule has 1 unspecified atom stereocenters. The molecular weight excluding hydrogens is 470 g/mol. The third kappa shape index (κ3) is 5.85. The van der Waals surface area contributed by atoms with Crippen molar-refractivity contribution in [1.82, 2.24) is 35.4 Å². The van der Waals surface area contributed by atoms with E-state index >= 15 is 0 Å². The minimum absolute atomic E-state index is 0. The molecule has 0 spiro atoms. The molecule has 0 bridgehead atoms. The zero-order valence-electron chi connectivity index (χ0n) is 21.2. The first-order chi connectivity index (χ1) is 18.2. The van der Waals surface area contributed by atoms with Gasteiger partial charge in [0.1, 0.15) is 5.82 Å². The van der Waals surface area contributed by atoms with Gasteiger partial charge in [0.2, 0.25) is 0 Å². The van der Waals surface area contributed by atoms with Crippen LogP contribution in [0.3, 0.4) is 0 Å². The predicted molar refractivity (Wildman–Crippen MR) is 152 cm³/mol. The van der Waals surface area contributed by atoms with Gasteiger partial charge in [-0.1, -0.05) is 49.9 Å². The highest BCUT2D eigenvalue weighted by molar-refractivity contribution is 5.74. The maximum Gasteiger partial charge on any atom is 0.121 e. The molecule has 38 heavy (non-hydrogen) atoms. The molecule has 3 N–H and O–H groups in total. The van der Waals surface area contributed by atoms with Crippen LogP contribution in [0.5, 0.6) is 0 Å². The Hall–Kier alpha value is -3.81. The molecule has 0 saturated heterocycles. The first-order valence-electron chi connectivity index (χ1n) is 13.1. The highest BCUT2D eigenvalue weighted by Gasteiger charge is 2.28. The van der Waals surface area contributed by atoms with Crippen LogP contribution in [0.15, 0.2) is 72.9 Å². The van der Waals surface area contributed by atoms with Crippen molar-refractivity contribution < 1.29 is 0 Å². The predicted octanol–water partition coefficient (Wildman–Crippen LogP) is 6.00. The Kier molecular flexibility index (Phi) is 7.96. The summed E-state index contributed by atoms with van der Waals surface area (Å²) in [5, 5.41) is 10.8. The van der Waals surface area contributed by atoms with Crippen LogP contribution in [-0.4, -0.2) is 30.0 Å². The summed E-state index contributed by atoms with van der Waals surface area (Å²) in [6.45, 7) is 5.19. The van der Waals surface area contributed by atoms with E-state index in [0.29, 0.717) is 0 Å². The van der Waals surface area contributed by atoms with E-state index in [4.69, 9.17) is 9.97 Å². The second kappa shape index (κ2) is 11.7. The molecule has 0 saturated carbocycles. The third-order valence-electron chi connectivity index (χ3n) is 7.20. The highest BCUT2D eigenvalue weighted by Crippen LogP contribution is 2.34. The van der Waals surface area contributed by atoms with E-state index in [0.717, 1.165) is 67.3 Å². The van der Waals surface area contributed by atoms with Gasteiger partial charge in [-0.25, -0.2) is 4.98 Å². The van der Waals surface area contributed by atoms with Gasteiger partial charge in [0.05, 0.1) is 35.0 Å². The number of aromatic amines is 2. The molecule has 1 aliphatic carbocycles. The number of hydrogen-bond donors (Lipinski definition) is 3. The number of nitrogens with zero attached hydrogens (tertiary/aromatic N) is 4. The minimum atomic E-state index is 0. The monoisotopic (exact) mass is 507 g/mol. The van der Waals surface area contributed by atoms with Crippen molar-refractivity contribution in [2.45, 2.75) is 65.8 Å². The number of H-pyrrole nitrogens is 2. The van der Waals surface area contributed by atoms with Crippen LogP contribution in [0.4, 0.5) is 0 Å².